The van der Waals surface area contributed by atoms with Crippen molar-refractivity contribution in [1.29, 1.82) is 0 Å². The highest BCUT2D eigenvalue weighted by Crippen LogP contribution is 2.44. The summed E-state index contributed by atoms with van der Waals surface area (Å²) in [4.78, 5) is 15.8. The average molecular weight is 442 g/mol. The molecule has 0 N–H and O–H groups in total. The second kappa shape index (κ2) is 7.10. The first-order valence-electron chi connectivity index (χ1n) is 10.8. The summed E-state index contributed by atoms with van der Waals surface area (Å²) < 4.78 is 8.36. The molecule has 4 aromatic heterocycles. The fraction of sp³-hybridized carbons (Fsp3) is 0.280. The van der Waals surface area contributed by atoms with Crippen molar-refractivity contribution in [3.05, 3.63) is 58.8 Å². The number of nitrogens with zero attached hydrogens (tertiary/aromatic N) is 5. The van der Waals surface area contributed by atoms with Crippen molar-refractivity contribution in [2.75, 3.05) is 7.11 Å². The first-order chi connectivity index (χ1) is 15.5. The second-order valence-electron chi connectivity index (χ2n) is 8.39. The van der Waals surface area contributed by atoms with Gasteiger partial charge in [-0.05, 0) is 74.9 Å². The molecular formula is C25H23N5OS. The van der Waals surface area contributed by atoms with E-state index >= 15 is 0 Å². The van der Waals surface area contributed by atoms with E-state index in [1.807, 2.05) is 30.7 Å². The molecule has 1 aliphatic carbocycles. The lowest BCUT2D eigenvalue weighted by Crippen LogP contribution is -2.04. The normalized spacial score (nSPS) is 13.2. The minimum atomic E-state index is 0.737. The van der Waals surface area contributed by atoms with Crippen molar-refractivity contribution in [2.45, 2.75) is 40.0 Å². The van der Waals surface area contributed by atoms with E-state index in [2.05, 4.69) is 25.1 Å². The van der Waals surface area contributed by atoms with Gasteiger partial charge in [0.15, 0.2) is 5.82 Å². The Hall–Kier alpha value is -3.32. The summed E-state index contributed by atoms with van der Waals surface area (Å²) in [6.07, 6.45) is 3.22. The van der Waals surface area contributed by atoms with Gasteiger partial charge in [-0.2, -0.15) is 5.10 Å². The van der Waals surface area contributed by atoms with E-state index in [1.165, 1.54) is 22.4 Å². The summed E-state index contributed by atoms with van der Waals surface area (Å²) >= 11 is 1.67. The molecule has 160 valence electrons. The van der Waals surface area contributed by atoms with Crippen molar-refractivity contribution < 1.29 is 4.74 Å². The number of hydrogen-bond donors (Lipinski definition) is 0. The number of aromatic nitrogens is 5. The lowest BCUT2D eigenvalue weighted by Gasteiger charge is -2.12. The number of ether oxygens (including phenoxy) is 1. The summed E-state index contributed by atoms with van der Waals surface area (Å²) in [6.45, 7) is 6.02. The molecule has 0 saturated carbocycles. The Morgan fingerprint density at radius 1 is 1.00 bits per heavy atom. The molecule has 0 aliphatic heterocycles. The lowest BCUT2D eigenvalue weighted by molar-refractivity contribution is 0.415. The average Bonchev–Trinajstić information content (AvgIpc) is 3.48. The number of hydrogen-bond acceptors (Lipinski definition) is 6. The predicted molar refractivity (Wildman–Crippen MR) is 128 cm³/mol. The Morgan fingerprint density at radius 2 is 1.81 bits per heavy atom. The number of methoxy groups -OCH3 is 1. The lowest BCUT2D eigenvalue weighted by atomic mass is 9.96. The highest BCUT2D eigenvalue weighted by Gasteiger charge is 2.26. The minimum Gasteiger partial charge on any atom is -0.497 e. The molecule has 5 aromatic rings. The number of benzene rings is 1. The van der Waals surface area contributed by atoms with Crippen LogP contribution < -0.4 is 4.74 Å². The van der Waals surface area contributed by atoms with Gasteiger partial charge in [-0.3, -0.25) is 0 Å². The number of pyridine rings is 1. The predicted octanol–water partition coefficient (Wildman–Crippen LogP) is 5.51. The van der Waals surface area contributed by atoms with E-state index in [1.54, 1.807) is 18.4 Å². The molecule has 32 heavy (non-hydrogen) atoms. The van der Waals surface area contributed by atoms with Gasteiger partial charge in [-0.15, -0.1) is 11.3 Å². The van der Waals surface area contributed by atoms with Crippen LogP contribution in [0.4, 0.5) is 0 Å². The van der Waals surface area contributed by atoms with Gasteiger partial charge in [-0.1, -0.05) is 12.1 Å². The van der Waals surface area contributed by atoms with Gasteiger partial charge in [0.2, 0.25) is 0 Å². The van der Waals surface area contributed by atoms with E-state index in [9.17, 15) is 0 Å². The minimum absolute atomic E-state index is 0.737. The Morgan fingerprint density at radius 3 is 2.53 bits per heavy atom. The number of aryl methyl sites for hydroxylation is 4. The van der Waals surface area contributed by atoms with E-state index in [0.717, 1.165) is 68.5 Å². The monoisotopic (exact) mass is 441 g/mol. The van der Waals surface area contributed by atoms with Crippen molar-refractivity contribution in [1.82, 2.24) is 24.7 Å². The molecule has 6 rings (SSSR count). The van der Waals surface area contributed by atoms with Crippen LogP contribution in [-0.2, 0) is 12.8 Å². The zero-order valence-corrected chi connectivity index (χ0v) is 19.4. The van der Waals surface area contributed by atoms with E-state index in [0.29, 0.717) is 0 Å². The van der Waals surface area contributed by atoms with Gasteiger partial charge in [0.25, 0.3) is 0 Å². The maximum atomic E-state index is 5.39. The molecule has 4 heterocycles. The molecule has 7 heteroatoms. The van der Waals surface area contributed by atoms with Crippen LogP contribution in [-0.4, -0.2) is 31.8 Å². The molecule has 0 unspecified atom stereocenters. The van der Waals surface area contributed by atoms with Crippen molar-refractivity contribution >= 4 is 31.8 Å². The summed E-state index contributed by atoms with van der Waals surface area (Å²) in [7, 11) is 1.70. The van der Waals surface area contributed by atoms with Crippen LogP contribution in [0.2, 0.25) is 0 Å². The second-order valence-corrected chi connectivity index (χ2v) is 9.39. The topological polar surface area (TPSA) is 65.7 Å². The fourth-order valence-electron chi connectivity index (χ4n) is 4.82. The molecule has 0 fully saturated rings. The maximum Gasteiger partial charge on any atom is 0.175 e. The highest BCUT2D eigenvalue weighted by atomic mass is 32.1. The van der Waals surface area contributed by atoms with E-state index in [4.69, 9.17) is 24.8 Å². The van der Waals surface area contributed by atoms with Gasteiger partial charge in [-0.25, -0.2) is 19.6 Å². The molecule has 0 atom stereocenters. The molecule has 0 bridgehead atoms. The molecule has 0 amide bonds. The fourth-order valence-corrected chi connectivity index (χ4v) is 5.94. The molecule has 0 spiro atoms. The zero-order chi connectivity index (χ0) is 22.0. The number of thiophene rings is 1. The van der Waals surface area contributed by atoms with E-state index < -0.39 is 0 Å². The van der Waals surface area contributed by atoms with Gasteiger partial charge < -0.3 is 4.74 Å². The Labute approximate surface area is 189 Å². The highest BCUT2D eigenvalue weighted by molar-refractivity contribution is 7.25. The third-order valence-electron chi connectivity index (χ3n) is 6.17. The third kappa shape index (κ3) is 2.84. The molecular weight excluding hydrogens is 418 g/mol. The quantitative estimate of drug-likeness (QED) is 0.369. The SMILES string of the molecule is COc1ccc(-c2c3c(nc4sc5c(-n6nc(C)cc6C)nc(C)nc5c24)CCC3)cc1. The molecule has 0 saturated heterocycles. The number of rotatable bonds is 3. The van der Waals surface area contributed by atoms with Crippen LogP contribution in [0.3, 0.4) is 0 Å². The van der Waals surface area contributed by atoms with Crippen LogP contribution in [0.25, 0.3) is 37.4 Å². The summed E-state index contributed by atoms with van der Waals surface area (Å²) in [6, 6.07) is 10.4. The molecule has 6 nitrogen and oxygen atoms in total. The van der Waals surface area contributed by atoms with Gasteiger partial charge in [0.1, 0.15) is 21.1 Å². The first kappa shape index (κ1) is 19.4. The molecule has 0 radical (unpaired) electrons. The zero-order valence-electron chi connectivity index (χ0n) is 18.6. The smallest absolute Gasteiger partial charge is 0.175 e. The summed E-state index contributed by atoms with van der Waals surface area (Å²) in [5.74, 6) is 2.43. The van der Waals surface area contributed by atoms with Crippen molar-refractivity contribution in [3.63, 3.8) is 0 Å². The molecule has 1 aliphatic rings. The maximum absolute atomic E-state index is 5.39. The van der Waals surface area contributed by atoms with Crippen LogP contribution in [0.5, 0.6) is 5.75 Å². The van der Waals surface area contributed by atoms with Crippen LogP contribution in [0.1, 0.15) is 34.9 Å². The number of fused-ring (bicyclic) bond motifs is 4. The van der Waals surface area contributed by atoms with Crippen LogP contribution in [0, 0.1) is 20.8 Å². The van der Waals surface area contributed by atoms with Gasteiger partial charge in [0.05, 0.1) is 18.3 Å². The summed E-state index contributed by atoms with van der Waals surface area (Å²) in [5.41, 5.74) is 8.01. The Kier molecular flexibility index (Phi) is 4.30. The largest absolute Gasteiger partial charge is 0.497 e. The standard InChI is InChI=1S/C25H23N5OS/c1-13-12-14(2)30(29-13)24-23-22(26-15(3)27-24)21-20(16-8-10-17(31-4)11-9-16)18-6-5-7-19(18)28-25(21)32-23/h8-12H,5-7H2,1-4H3. The van der Waals surface area contributed by atoms with Crippen LogP contribution >= 0.6 is 11.3 Å². The van der Waals surface area contributed by atoms with Crippen molar-refractivity contribution in [2.24, 2.45) is 0 Å². The Balaban J connectivity index is 1.73. The van der Waals surface area contributed by atoms with E-state index in [-0.39, 0.29) is 0 Å². The van der Waals surface area contributed by atoms with Gasteiger partial charge >= 0.3 is 0 Å². The Bertz CT molecular complexity index is 1510. The van der Waals surface area contributed by atoms with Crippen LogP contribution in [0.15, 0.2) is 30.3 Å². The van der Waals surface area contributed by atoms with Gasteiger partial charge in [0, 0.05) is 16.8 Å². The third-order valence-corrected chi connectivity index (χ3v) is 7.24. The first-order valence-corrected chi connectivity index (χ1v) is 11.7. The summed E-state index contributed by atoms with van der Waals surface area (Å²) in [5, 5.41) is 5.83. The molecule has 1 aromatic carbocycles. The van der Waals surface area contributed by atoms with Crippen molar-refractivity contribution in [3.8, 4) is 22.7 Å².